The van der Waals surface area contributed by atoms with E-state index in [2.05, 4.69) is 4.98 Å². The molecule has 1 amide bonds. The summed E-state index contributed by atoms with van der Waals surface area (Å²) in [4.78, 5) is 19.5. The topological polar surface area (TPSA) is 41.4 Å². The molecule has 10 heteroatoms. The van der Waals surface area contributed by atoms with Gasteiger partial charge in [0.25, 0.3) is 0 Å². The summed E-state index contributed by atoms with van der Waals surface area (Å²) >= 11 is 5.78. The molecular weight excluding hydrogens is 388 g/mol. The Morgan fingerprint density at radius 2 is 1.74 bits per heavy atom. The summed E-state index contributed by atoms with van der Waals surface area (Å²) in [5.74, 6) is -0.617. The van der Waals surface area contributed by atoms with Crippen molar-refractivity contribution < 1.29 is 22.4 Å². The zero-order chi connectivity index (χ0) is 19.8. The molecule has 1 aliphatic heterocycles. The van der Waals surface area contributed by atoms with Crippen LogP contribution in [-0.4, -0.2) is 46.5 Å². The molecule has 0 saturated carbocycles. The van der Waals surface area contributed by atoms with Crippen molar-refractivity contribution in [2.24, 2.45) is 0 Å². The van der Waals surface area contributed by atoms with Gasteiger partial charge in [0.05, 0.1) is 0 Å². The lowest BCUT2D eigenvalue weighted by molar-refractivity contribution is -0.141. The second-order valence-electron chi connectivity index (χ2n) is 6.23. The molecule has 1 aromatic heterocycles. The Morgan fingerprint density at radius 1 is 1.15 bits per heavy atom. The Balaban J connectivity index is 1.63. The number of rotatable bonds is 3. The number of carbonyl (C=O) groups excluding carboxylic acids is 1. The highest BCUT2D eigenvalue weighted by molar-refractivity contribution is 6.30. The molecule has 0 unspecified atom stereocenters. The van der Waals surface area contributed by atoms with E-state index in [1.54, 1.807) is 17.0 Å². The number of imidazole rings is 1. The van der Waals surface area contributed by atoms with Crippen molar-refractivity contribution in [3.05, 3.63) is 46.8 Å². The molecule has 0 radical (unpaired) electrons. The van der Waals surface area contributed by atoms with Gasteiger partial charge < -0.3 is 14.4 Å². The average Bonchev–Trinajstić information content (AvgIpc) is 2.91. The van der Waals surface area contributed by atoms with Gasteiger partial charge in [-0.15, -0.1) is 0 Å². The van der Waals surface area contributed by atoms with Gasteiger partial charge in [-0.05, 0) is 31.2 Å². The quantitative estimate of drug-likeness (QED) is 0.737. The molecule has 1 aliphatic rings. The SMILES string of the molecule is Cc1nc(C(F)(F)F)c(Cl)n1CC(=O)N1CCN(c2ccc(F)cc2)CC1. The predicted octanol–water partition coefficient (Wildman–Crippen LogP) is 3.35. The molecule has 0 aliphatic carbocycles. The number of anilines is 1. The maximum absolute atomic E-state index is 13.0. The molecule has 3 rings (SSSR count). The van der Waals surface area contributed by atoms with Crippen LogP contribution < -0.4 is 4.90 Å². The average molecular weight is 405 g/mol. The van der Waals surface area contributed by atoms with Crippen molar-refractivity contribution in [2.45, 2.75) is 19.6 Å². The predicted molar refractivity (Wildman–Crippen MR) is 92.2 cm³/mol. The Labute approximate surface area is 158 Å². The fourth-order valence-corrected chi connectivity index (χ4v) is 3.34. The van der Waals surface area contributed by atoms with Crippen molar-refractivity contribution >= 4 is 23.2 Å². The van der Waals surface area contributed by atoms with Crippen LogP contribution in [0, 0.1) is 12.7 Å². The van der Waals surface area contributed by atoms with Crippen LogP contribution in [0.5, 0.6) is 0 Å². The van der Waals surface area contributed by atoms with Crippen LogP contribution in [0.3, 0.4) is 0 Å². The van der Waals surface area contributed by atoms with Gasteiger partial charge in [0.1, 0.15) is 23.3 Å². The number of alkyl halides is 3. The third-order valence-corrected chi connectivity index (χ3v) is 4.87. The summed E-state index contributed by atoms with van der Waals surface area (Å²) in [6, 6.07) is 6.07. The van der Waals surface area contributed by atoms with Crippen LogP contribution in [0.2, 0.25) is 5.15 Å². The van der Waals surface area contributed by atoms with Crippen molar-refractivity contribution in [2.75, 3.05) is 31.1 Å². The zero-order valence-electron chi connectivity index (χ0n) is 14.4. The van der Waals surface area contributed by atoms with Gasteiger partial charge in [0, 0.05) is 31.9 Å². The monoisotopic (exact) mass is 404 g/mol. The van der Waals surface area contributed by atoms with E-state index in [9.17, 15) is 22.4 Å². The van der Waals surface area contributed by atoms with E-state index in [-0.39, 0.29) is 24.1 Å². The molecule has 146 valence electrons. The highest BCUT2D eigenvalue weighted by atomic mass is 35.5. The molecule has 1 aromatic carbocycles. The van der Waals surface area contributed by atoms with Crippen LogP contribution in [0.4, 0.5) is 23.2 Å². The highest BCUT2D eigenvalue weighted by Gasteiger charge is 2.38. The minimum atomic E-state index is -4.67. The van der Waals surface area contributed by atoms with Gasteiger partial charge in [-0.25, -0.2) is 9.37 Å². The van der Waals surface area contributed by atoms with E-state index >= 15 is 0 Å². The molecule has 2 heterocycles. The van der Waals surface area contributed by atoms with Crippen LogP contribution >= 0.6 is 11.6 Å². The van der Waals surface area contributed by atoms with Crippen molar-refractivity contribution in [1.82, 2.24) is 14.5 Å². The first kappa shape index (κ1) is 19.5. The second kappa shape index (κ2) is 7.38. The Kier molecular flexibility index (Phi) is 5.32. The van der Waals surface area contributed by atoms with E-state index in [0.29, 0.717) is 26.2 Å². The Morgan fingerprint density at radius 3 is 2.26 bits per heavy atom. The fourth-order valence-electron chi connectivity index (χ4n) is 3.00. The molecule has 27 heavy (non-hydrogen) atoms. The fraction of sp³-hybridized carbons (Fsp3) is 0.412. The van der Waals surface area contributed by atoms with E-state index in [1.165, 1.54) is 19.1 Å². The lowest BCUT2D eigenvalue weighted by Gasteiger charge is -2.36. The largest absolute Gasteiger partial charge is 0.436 e. The third-order valence-electron chi connectivity index (χ3n) is 4.48. The smallest absolute Gasteiger partial charge is 0.368 e. The lowest BCUT2D eigenvalue weighted by Crippen LogP contribution is -2.49. The zero-order valence-corrected chi connectivity index (χ0v) is 15.2. The van der Waals surface area contributed by atoms with E-state index < -0.39 is 17.0 Å². The highest BCUT2D eigenvalue weighted by Crippen LogP contribution is 2.34. The Hall–Kier alpha value is -2.29. The number of hydrogen-bond donors (Lipinski definition) is 0. The molecule has 0 atom stereocenters. The van der Waals surface area contributed by atoms with Crippen molar-refractivity contribution in [1.29, 1.82) is 0 Å². The molecule has 0 N–H and O–H groups in total. The summed E-state index contributed by atoms with van der Waals surface area (Å²) in [6.45, 7) is 2.98. The van der Waals surface area contributed by atoms with E-state index in [1.807, 2.05) is 4.90 Å². The number of piperazine rings is 1. The summed E-state index contributed by atoms with van der Waals surface area (Å²) < 4.78 is 52.7. The Bertz CT molecular complexity index is 827. The number of halogens is 5. The lowest BCUT2D eigenvalue weighted by atomic mass is 10.2. The molecular formula is C17H17ClF4N4O. The molecule has 0 spiro atoms. The van der Waals surface area contributed by atoms with Crippen molar-refractivity contribution in [3.63, 3.8) is 0 Å². The van der Waals surface area contributed by atoms with Gasteiger partial charge in [-0.1, -0.05) is 11.6 Å². The standard InChI is InChI=1S/C17H17ClF4N4O/c1-11-23-15(17(20,21)22)16(18)26(11)10-14(27)25-8-6-24(7-9-25)13-4-2-12(19)3-5-13/h2-5H,6-10H2,1H3. The first-order valence-corrected chi connectivity index (χ1v) is 8.62. The van der Waals surface area contributed by atoms with Crippen LogP contribution in [-0.2, 0) is 17.5 Å². The van der Waals surface area contributed by atoms with Gasteiger partial charge in [-0.2, -0.15) is 13.2 Å². The number of aromatic nitrogens is 2. The summed E-state index contributed by atoms with van der Waals surface area (Å²) in [5, 5.41) is -0.585. The minimum absolute atomic E-state index is 0.0330. The second-order valence-corrected chi connectivity index (χ2v) is 6.58. The molecule has 0 bridgehead atoms. The number of amides is 1. The van der Waals surface area contributed by atoms with Crippen LogP contribution in [0.1, 0.15) is 11.5 Å². The summed E-state index contributed by atoms with van der Waals surface area (Å²) in [5.41, 5.74) is -0.331. The first-order valence-electron chi connectivity index (χ1n) is 8.25. The van der Waals surface area contributed by atoms with Crippen LogP contribution in [0.15, 0.2) is 24.3 Å². The maximum Gasteiger partial charge on any atom is 0.436 e. The minimum Gasteiger partial charge on any atom is -0.368 e. The maximum atomic E-state index is 13.0. The normalized spacial score (nSPS) is 15.3. The van der Waals surface area contributed by atoms with Gasteiger partial charge in [0.15, 0.2) is 5.69 Å². The number of nitrogens with zero attached hydrogens (tertiary/aromatic N) is 4. The first-order chi connectivity index (χ1) is 12.7. The molecule has 1 saturated heterocycles. The summed E-state index contributed by atoms with van der Waals surface area (Å²) in [7, 11) is 0. The van der Waals surface area contributed by atoms with Gasteiger partial charge >= 0.3 is 6.18 Å². The van der Waals surface area contributed by atoms with Gasteiger partial charge in [0.2, 0.25) is 5.91 Å². The molecule has 5 nitrogen and oxygen atoms in total. The third kappa shape index (κ3) is 4.18. The molecule has 2 aromatic rings. The van der Waals surface area contributed by atoms with Crippen molar-refractivity contribution in [3.8, 4) is 0 Å². The van der Waals surface area contributed by atoms with E-state index in [0.717, 1.165) is 10.3 Å². The number of hydrogen-bond acceptors (Lipinski definition) is 3. The van der Waals surface area contributed by atoms with Gasteiger partial charge in [-0.3, -0.25) is 4.79 Å². The molecule has 1 fully saturated rings. The number of carbonyl (C=O) groups is 1. The number of aryl methyl sites for hydroxylation is 1. The van der Waals surface area contributed by atoms with E-state index in [4.69, 9.17) is 11.6 Å². The van der Waals surface area contributed by atoms with Crippen LogP contribution in [0.25, 0.3) is 0 Å². The number of benzene rings is 1. The summed E-state index contributed by atoms with van der Waals surface area (Å²) in [6.07, 6.45) is -4.67.